The summed E-state index contributed by atoms with van der Waals surface area (Å²) in [6.07, 6.45) is 2.61. The van der Waals surface area contributed by atoms with Gasteiger partial charge in [0, 0.05) is 22.1 Å². The first-order valence-corrected chi connectivity index (χ1v) is 6.48. The van der Waals surface area contributed by atoms with Crippen molar-refractivity contribution in [3.05, 3.63) is 35.5 Å². The largest absolute Gasteiger partial charge is 0.464 e. The van der Waals surface area contributed by atoms with Crippen molar-refractivity contribution in [3.8, 4) is 0 Å². The van der Waals surface area contributed by atoms with Gasteiger partial charge in [-0.15, -0.1) is 0 Å². The van der Waals surface area contributed by atoms with Gasteiger partial charge in [-0.2, -0.15) is 0 Å². The average molecular weight is 266 g/mol. The second-order valence-electron chi connectivity index (χ2n) is 4.10. The second kappa shape index (κ2) is 5.44. The minimum atomic E-state index is -0.274. The van der Waals surface area contributed by atoms with Crippen LogP contribution in [0.2, 0.25) is 5.02 Å². The van der Waals surface area contributed by atoms with E-state index < -0.39 is 0 Å². The summed E-state index contributed by atoms with van der Waals surface area (Å²) < 4.78 is 7.05. The molecule has 0 radical (unpaired) electrons. The predicted octanol–water partition coefficient (Wildman–Crippen LogP) is 3.81. The average Bonchev–Trinajstić information content (AvgIpc) is 2.73. The smallest absolute Gasteiger partial charge is 0.329 e. The second-order valence-corrected chi connectivity index (χ2v) is 4.54. The molecule has 0 bridgehead atoms. The monoisotopic (exact) mass is 265 g/mol. The van der Waals surface area contributed by atoms with Crippen molar-refractivity contribution >= 4 is 28.5 Å². The highest BCUT2D eigenvalue weighted by molar-refractivity contribution is 6.31. The van der Waals surface area contributed by atoms with E-state index in [9.17, 15) is 4.79 Å². The van der Waals surface area contributed by atoms with Crippen molar-refractivity contribution in [2.24, 2.45) is 0 Å². The fraction of sp³-hybridized carbons (Fsp3) is 0.357. The topological polar surface area (TPSA) is 31.2 Å². The first-order valence-electron chi connectivity index (χ1n) is 6.10. The zero-order valence-electron chi connectivity index (χ0n) is 10.5. The van der Waals surface area contributed by atoms with Gasteiger partial charge in [0.2, 0.25) is 0 Å². The van der Waals surface area contributed by atoms with Crippen molar-refractivity contribution in [2.75, 3.05) is 6.61 Å². The normalized spacial score (nSPS) is 12.6. The third-order valence-electron chi connectivity index (χ3n) is 2.96. The molecular weight excluding hydrogens is 250 g/mol. The Morgan fingerprint density at radius 2 is 2.17 bits per heavy atom. The summed E-state index contributed by atoms with van der Waals surface area (Å²) in [6, 6.07) is 7.34. The van der Waals surface area contributed by atoms with E-state index in [1.807, 2.05) is 48.9 Å². The van der Waals surface area contributed by atoms with Crippen LogP contribution in [0.5, 0.6) is 0 Å². The fourth-order valence-electron chi connectivity index (χ4n) is 2.12. The van der Waals surface area contributed by atoms with E-state index in [4.69, 9.17) is 16.3 Å². The molecule has 4 heteroatoms. The summed E-state index contributed by atoms with van der Waals surface area (Å²) in [4.78, 5) is 11.9. The van der Waals surface area contributed by atoms with Crippen molar-refractivity contribution in [1.29, 1.82) is 0 Å². The molecule has 0 aliphatic rings. The minimum absolute atomic E-state index is 0.188. The van der Waals surface area contributed by atoms with Crippen LogP contribution >= 0.6 is 11.6 Å². The zero-order chi connectivity index (χ0) is 13.1. The summed E-state index contributed by atoms with van der Waals surface area (Å²) in [6.45, 7) is 4.20. The molecule has 1 unspecified atom stereocenters. The Morgan fingerprint density at radius 3 is 2.83 bits per heavy atom. The molecule has 2 aromatic rings. The quantitative estimate of drug-likeness (QED) is 0.787. The van der Waals surface area contributed by atoms with E-state index in [-0.39, 0.29) is 12.0 Å². The highest BCUT2D eigenvalue weighted by Gasteiger charge is 2.20. The van der Waals surface area contributed by atoms with Gasteiger partial charge >= 0.3 is 5.97 Å². The Balaban J connectivity index is 2.42. The standard InChI is InChI=1S/C14H16ClNO2/c1-3-12(14(17)18-4-2)16-8-7-10-9-11(15)5-6-13(10)16/h5-9,12H,3-4H2,1-2H3. The summed E-state index contributed by atoms with van der Waals surface area (Å²) >= 11 is 5.95. The van der Waals surface area contributed by atoms with Crippen molar-refractivity contribution in [3.63, 3.8) is 0 Å². The van der Waals surface area contributed by atoms with Crippen molar-refractivity contribution in [2.45, 2.75) is 26.3 Å². The molecule has 1 aromatic carbocycles. The van der Waals surface area contributed by atoms with E-state index >= 15 is 0 Å². The lowest BCUT2D eigenvalue weighted by Gasteiger charge is -2.16. The Bertz CT molecular complexity index is 562. The summed E-state index contributed by atoms with van der Waals surface area (Å²) in [5.41, 5.74) is 0.999. The third kappa shape index (κ3) is 2.36. The number of nitrogens with zero attached hydrogens (tertiary/aromatic N) is 1. The molecule has 0 N–H and O–H groups in total. The molecule has 0 aliphatic carbocycles. The maximum absolute atomic E-state index is 11.9. The van der Waals surface area contributed by atoms with Crippen molar-refractivity contribution in [1.82, 2.24) is 4.57 Å². The van der Waals surface area contributed by atoms with Crippen LogP contribution in [0.3, 0.4) is 0 Å². The zero-order valence-corrected chi connectivity index (χ0v) is 11.3. The highest BCUT2D eigenvalue weighted by Crippen LogP contribution is 2.25. The van der Waals surface area contributed by atoms with Crippen LogP contribution in [0.4, 0.5) is 0 Å². The highest BCUT2D eigenvalue weighted by atomic mass is 35.5. The fourth-order valence-corrected chi connectivity index (χ4v) is 2.30. The van der Waals surface area contributed by atoms with Gasteiger partial charge in [0.25, 0.3) is 0 Å². The number of ether oxygens (including phenoxy) is 1. The lowest BCUT2D eigenvalue weighted by atomic mass is 10.2. The SMILES string of the molecule is CCOC(=O)C(CC)n1ccc2cc(Cl)ccc21. The van der Waals surface area contributed by atoms with Crippen molar-refractivity contribution < 1.29 is 9.53 Å². The number of fused-ring (bicyclic) bond motifs is 1. The molecule has 96 valence electrons. The van der Waals surface area contributed by atoms with Gasteiger partial charge in [0.05, 0.1) is 6.61 Å². The van der Waals surface area contributed by atoms with Gasteiger partial charge in [-0.05, 0) is 37.6 Å². The Morgan fingerprint density at radius 1 is 1.39 bits per heavy atom. The number of carbonyl (C=O) groups excluding carboxylic acids is 1. The number of halogens is 1. The summed E-state index contributed by atoms with van der Waals surface area (Å²) in [5, 5.41) is 1.73. The summed E-state index contributed by atoms with van der Waals surface area (Å²) in [7, 11) is 0. The molecule has 3 nitrogen and oxygen atoms in total. The van der Waals surface area contributed by atoms with Crippen LogP contribution in [0.25, 0.3) is 10.9 Å². The third-order valence-corrected chi connectivity index (χ3v) is 3.20. The Kier molecular flexibility index (Phi) is 3.92. The molecule has 0 fully saturated rings. The van der Waals surface area contributed by atoms with Gasteiger partial charge in [-0.1, -0.05) is 18.5 Å². The number of benzene rings is 1. The molecular formula is C14H16ClNO2. The maximum Gasteiger partial charge on any atom is 0.329 e. The molecule has 1 heterocycles. The number of carbonyl (C=O) groups is 1. The Hall–Kier alpha value is -1.48. The molecule has 1 atom stereocenters. The van der Waals surface area contributed by atoms with Crippen LogP contribution in [-0.4, -0.2) is 17.1 Å². The van der Waals surface area contributed by atoms with E-state index in [1.54, 1.807) is 0 Å². The van der Waals surface area contributed by atoms with Gasteiger partial charge in [-0.25, -0.2) is 4.79 Å². The molecule has 0 saturated carbocycles. The number of aromatic nitrogens is 1. The van der Waals surface area contributed by atoms with Gasteiger partial charge in [-0.3, -0.25) is 0 Å². The van der Waals surface area contributed by atoms with Crippen LogP contribution in [0.15, 0.2) is 30.5 Å². The van der Waals surface area contributed by atoms with E-state index in [2.05, 4.69) is 0 Å². The van der Waals surface area contributed by atoms with E-state index in [0.717, 1.165) is 10.9 Å². The number of esters is 1. The van der Waals surface area contributed by atoms with E-state index in [1.165, 1.54) is 0 Å². The number of rotatable bonds is 4. The van der Waals surface area contributed by atoms with Gasteiger partial charge < -0.3 is 9.30 Å². The number of hydrogen-bond donors (Lipinski definition) is 0. The number of hydrogen-bond acceptors (Lipinski definition) is 2. The molecule has 0 amide bonds. The molecule has 2 rings (SSSR count). The molecule has 18 heavy (non-hydrogen) atoms. The van der Waals surface area contributed by atoms with E-state index in [0.29, 0.717) is 18.1 Å². The molecule has 0 spiro atoms. The van der Waals surface area contributed by atoms with Gasteiger partial charge in [0.15, 0.2) is 0 Å². The predicted molar refractivity (Wildman–Crippen MR) is 72.9 cm³/mol. The van der Waals surface area contributed by atoms with Crippen LogP contribution < -0.4 is 0 Å². The first-order chi connectivity index (χ1) is 8.67. The minimum Gasteiger partial charge on any atom is -0.464 e. The first kappa shape index (κ1) is 13.0. The van der Waals surface area contributed by atoms with Crippen LogP contribution in [-0.2, 0) is 9.53 Å². The van der Waals surface area contributed by atoms with Crippen LogP contribution in [0.1, 0.15) is 26.3 Å². The maximum atomic E-state index is 11.9. The Labute approximate surface area is 111 Å². The van der Waals surface area contributed by atoms with Gasteiger partial charge in [0.1, 0.15) is 6.04 Å². The molecule has 1 aromatic heterocycles. The molecule has 0 aliphatic heterocycles. The lowest BCUT2D eigenvalue weighted by Crippen LogP contribution is -2.20. The lowest BCUT2D eigenvalue weighted by molar-refractivity contribution is -0.147. The summed E-state index contributed by atoms with van der Waals surface area (Å²) in [5.74, 6) is -0.188. The molecule has 0 saturated heterocycles. The van der Waals surface area contributed by atoms with Crippen LogP contribution in [0, 0.1) is 0 Å².